The molecule has 1 aliphatic rings. The van der Waals surface area contributed by atoms with Crippen molar-refractivity contribution in [2.45, 2.75) is 26.8 Å². The highest BCUT2D eigenvalue weighted by Crippen LogP contribution is 2.34. The average molecular weight is 408 g/mol. The van der Waals surface area contributed by atoms with Crippen molar-refractivity contribution in [3.05, 3.63) is 35.0 Å². The predicted octanol–water partition coefficient (Wildman–Crippen LogP) is 1.99. The highest BCUT2D eigenvalue weighted by Gasteiger charge is 2.31. The first kappa shape index (κ1) is 21.5. The van der Waals surface area contributed by atoms with E-state index in [1.54, 1.807) is 39.0 Å². The van der Waals surface area contributed by atoms with Crippen LogP contribution >= 0.6 is 12.2 Å². The molecule has 1 atom stereocenters. The molecule has 0 bridgehead atoms. The zero-order valence-electron chi connectivity index (χ0n) is 16.3. The normalized spacial score (nSPS) is 16.0. The first-order valence-corrected chi connectivity index (χ1v) is 9.23. The smallest absolute Gasteiger partial charge is 0.344 e. The van der Waals surface area contributed by atoms with E-state index in [9.17, 15) is 9.59 Å². The Morgan fingerprint density at radius 1 is 1.14 bits per heavy atom. The summed E-state index contributed by atoms with van der Waals surface area (Å²) in [5.74, 6) is -0.112. The second-order valence-electron chi connectivity index (χ2n) is 5.79. The van der Waals surface area contributed by atoms with Gasteiger partial charge in [0, 0.05) is 5.70 Å². The Morgan fingerprint density at radius 3 is 2.50 bits per heavy atom. The molecular formula is C19H24N2O6S. The van der Waals surface area contributed by atoms with E-state index in [1.165, 1.54) is 7.11 Å². The van der Waals surface area contributed by atoms with Crippen molar-refractivity contribution in [3.8, 4) is 11.5 Å². The van der Waals surface area contributed by atoms with Crippen LogP contribution in [0.4, 0.5) is 0 Å². The molecule has 0 aromatic heterocycles. The van der Waals surface area contributed by atoms with E-state index in [2.05, 4.69) is 10.6 Å². The third-order valence-electron chi connectivity index (χ3n) is 3.94. The first-order valence-electron chi connectivity index (χ1n) is 8.82. The number of ether oxygens (including phenoxy) is 4. The van der Waals surface area contributed by atoms with Gasteiger partial charge in [0.2, 0.25) is 0 Å². The Labute approximate surface area is 169 Å². The van der Waals surface area contributed by atoms with E-state index in [0.717, 1.165) is 5.56 Å². The summed E-state index contributed by atoms with van der Waals surface area (Å²) < 4.78 is 20.9. The van der Waals surface area contributed by atoms with Gasteiger partial charge in [0.15, 0.2) is 23.2 Å². The molecular weight excluding hydrogens is 384 g/mol. The number of carbonyl (C=O) groups is 2. The number of carbonyl (C=O) groups excluding carboxylic acids is 2. The van der Waals surface area contributed by atoms with E-state index in [4.69, 9.17) is 31.2 Å². The van der Waals surface area contributed by atoms with Crippen LogP contribution in [0.3, 0.4) is 0 Å². The molecule has 0 amide bonds. The average Bonchev–Trinajstić information content (AvgIpc) is 2.66. The topological polar surface area (TPSA) is 95.1 Å². The molecule has 8 nitrogen and oxygen atoms in total. The lowest BCUT2D eigenvalue weighted by molar-refractivity contribution is -0.145. The van der Waals surface area contributed by atoms with Gasteiger partial charge in [-0.25, -0.2) is 9.59 Å². The van der Waals surface area contributed by atoms with E-state index < -0.39 is 18.0 Å². The highest BCUT2D eigenvalue weighted by molar-refractivity contribution is 7.80. The van der Waals surface area contributed by atoms with Gasteiger partial charge in [0.05, 0.1) is 31.9 Å². The molecule has 152 valence electrons. The first-order chi connectivity index (χ1) is 13.4. The fourth-order valence-electron chi connectivity index (χ4n) is 2.75. The molecule has 0 aliphatic carbocycles. The molecule has 2 rings (SSSR count). The number of benzene rings is 1. The number of esters is 2. The van der Waals surface area contributed by atoms with E-state index >= 15 is 0 Å². The van der Waals surface area contributed by atoms with E-state index in [0.29, 0.717) is 27.9 Å². The SMILES string of the molecule is CCOC(=O)COc1ccc([C@H]2NC(=S)NC(C)=C2C(=O)OCC)cc1OC. The summed E-state index contributed by atoms with van der Waals surface area (Å²) in [5.41, 5.74) is 1.78. The molecule has 28 heavy (non-hydrogen) atoms. The Balaban J connectivity index is 2.32. The molecule has 0 saturated heterocycles. The molecule has 1 aliphatic heterocycles. The molecule has 2 N–H and O–H groups in total. The molecule has 0 spiro atoms. The van der Waals surface area contributed by atoms with Crippen LogP contribution in [-0.4, -0.2) is 44.0 Å². The van der Waals surface area contributed by atoms with Gasteiger partial charge in [0.1, 0.15) is 0 Å². The molecule has 0 radical (unpaired) electrons. The lowest BCUT2D eigenvalue weighted by atomic mass is 9.95. The van der Waals surface area contributed by atoms with Crippen molar-refractivity contribution in [2.75, 3.05) is 26.9 Å². The minimum atomic E-state index is -0.513. The second kappa shape index (κ2) is 9.93. The number of rotatable bonds is 8. The van der Waals surface area contributed by atoms with Crippen LogP contribution in [0.5, 0.6) is 11.5 Å². The van der Waals surface area contributed by atoms with Crippen molar-refractivity contribution in [1.82, 2.24) is 10.6 Å². The number of hydrogen-bond acceptors (Lipinski definition) is 7. The number of methoxy groups -OCH3 is 1. The fourth-order valence-corrected chi connectivity index (χ4v) is 3.02. The number of nitrogens with one attached hydrogen (secondary N) is 2. The second-order valence-corrected chi connectivity index (χ2v) is 6.20. The van der Waals surface area contributed by atoms with Gasteiger partial charge in [-0.05, 0) is 50.7 Å². The van der Waals surface area contributed by atoms with Gasteiger partial charge in [0.25, 0.3) is 0 Å². The third-order valence-corrected chi connectivity index (χ3v) is 4.16. The Kier molecular flexibility index (Phi) is 7.62. The van der Waals surface area contributed by atoms with Crippen molar-refractivity contribution in [1.29, 1.82) is 0 Å². The van der Waals surface area contributed by atoms with Crippen LogP contribution in [0.2, 0.25) is 0 Å². The van der Waals surface area contributed by atoms with Gasteiger partial charge in [-0.15, -0.1) is 0 Å². The summed E-state index contributed by atoms with van der Waals surface area (Å²) in [6.07, 6.45) is 0. The van der Waals surface area contributed by atoms with Gasteiger partial charge in [-0.3, -0.25) is 0 Å². The number of hydrogen-bond donors (Lipinski definition) is 2. The van der Waals surface area contributed by atoms with Crippen LogP contribution in [-0.2, 0) is 19.1 Å². The monoisotopic (exact) mass is 408 g/mol. The maximum Gasteiger partial charge on any atom is 0.344 e. The summed E-state index contributed by atoms with van der Waals surface area (Å²) in [5, 5.41) is 6.43. The number of thiocarbonyl (C=S) groups is 1. The van der Waals surface area contributed by atoms with Crippen molar-refractivity contribution < 1.29 is 28.5 Å². The molecule has 1 heterocycles. The zero-order valence-corrected chi connectivity index (χ0v) is 17.1. The van der Waals surface area contributed by atoms with Crippen LogP contribution < -0.4 is 20.1 Å². The zero-order chi connectivity index (χ0) is 20.7. The summed E-state index contributed by atoms with van der Waals surface area (Å²) in [6.45, 7) is 5.54. The van der Waals surface area contributed by atoms with Crippen LogP contribution in [0.1, 0.15) is 32.4 Å². The number of allylic oxidation sites excluding steroid dienone is 1. The predicted molar refractivity (Wildman–Crippen MR) is 106 cm³/mol. The summed E-state index contributed by atoms with van der Waals surface area (Å²) in [6, 6.07) is 4.64. The third kappa shape index (κ3) is 5.13. The molecule has 0 fully saturated rings. The van der Waals surface area contributed by atoms with Crippen LogP contribution in [0, 0.1) is 0 Å². The summed E-state index contributed by atoms with van der Waals surface area (Å²) in [7, 11) is 1.49. The molecule has 0 unspecified atom stereocenters. The summed E-state index contributed by atoms with van der Waals surface area (Å²) >= 11 is 5.23. The Morgan fingerprint density at radius 2 is 1.86 bits per heavy atom. The van der Waals surface area contributed by atoms with Crippen LogP contribution in [0.15, 0.2) is 29.5 Å². The van der Waals surface area contributed by atoms with Gasteiger partial charge < -0.3 is 29.6 Å². The van der Waals surface area contributed by atoms with E-state index in [-0.39, 0.29) is 19.8 Å². The highest BCUT2D eigenvalue weighted by atomic mass is 32.1. The standard InChI is InChI=1S/C19H24N2O6S/c1-5-25-15(22)10-27-13-8-7-12(9-14(13)24-4)17-16(18(23)26-6-2)11(3)20-19(28)21-17/h7-9,17H,5-6,10H2,1-4H3,(H2,20,21,28)/t17-/m1/s1. The lowest BCUT2D eigenvalue weighted by Crippen LogP contribution is -2.45. The molecule has 9 heteroatoms. The molecule has 0 saturated carbocycles. The Hall–Kier alpha value is -2.81. The van der Waals surface area contributed by atoms with Crippen LogP contribution in [0.25, 0.3) is 0 Å². The minimum Gasteiger partial charge on any atom is -0.493 e. The Bertz CT molecular complexity index is 793. The van der Waals surface area contributed by atoms with Gasteiger partial charge in [-0.2, -0.15) is 0 Å². The quantitative estimate of drug-likeness (QED) is 0.494. The van der Waals surface area contributed by atoms with Gasteiger partial charge in [-0.1, -0.05) is 6.07 Å². The maximum absolute atomic E-state index is 12.4. The maximum atomic E-state index is 12.4. The van der Waals surface area contributed by atoms with Gasteiger partial charge >= 0.3 is 11.9 Å². The van der Waals surface area contributed by atoms with E-state index in [1.807, 2.05) is 0 Å². The van der Waals surface area contributed by atoms with Crippen molar-refractivity contribution in [2.24, 2.45) is 0 Å². The lowest BCUT2D eigenvalue weighted by Gasteiger charge is -2.30. The van der Waals surface area contributed by atoms with Crippen molar-refractivity contribution in [3.63, 3.8) is 0 Å². The fraction of sp³-hybridized carbons (Fsp3) is 0.421. The summed E-state index contributed by atoms with van der Waals surface area (Å²) in [4.78, 5) is 24.0. The molecule has 1 aromatic carbocycles. The minimum absolute atomic E-state index is 0.230. The van der Waals surface area contributed by atoms with Crippen molar-refractivity contribution >= 4 is 29.3 Å². The largest absolute Gasteiger partial charge is 0.493 e. The molecule has 1 aromatic rings.